The maximum absolute atomic E-state index is 13.7. The summed E-state index contributed by atoms with van der Waals surface area (Å²) in [7, 11) is -4.18. The highest BCUT2D eigenvalue weighted by molar-refractivity contribution is 7.89. The molecule has 0 spiro atoms. The zero-order valence-corrected chi connectivity index (χ0v) is 15.7. The SMILES string of the molecule is C[C@H](NS(=O)(=O)c1ccccc1F)C(=O)NCCNc1ccc([N+](=O)[O-])cc1. The smallest absolute Gasteiger partial charge is 0.269 e. The normalized spacial score (nSPS) is 12.2. The van der Waals surface area contributed by atoms with Crippen LogP contribution in [-0.2, 0) is 14.8 Å². The molecule has 0 saturated heterocycles. The molecular weight excluding hydrogens is 391 g/mol. The van der Waals surface area contributed by atoms with Crippen LogP contribution in [0.25, 0.3) is 0 Å². The first-order chi connectivity index (χ1) is 13.2. The quantitative estimate of drug-likeness (QED) is 0.327. The minimum absolute atomic E-state index is 0.0326. The number of nitro groups is 1. The lowest BCUT2D eigenvalue weighted by molar-refractivity contribution is -0.384. The molecule has 9 nitrogen and oxygen atoms in total. The van der Waals surface area contributed by atoms with Crippen LogP contribution in [0.15, 0.2) is 53.4 Å². The zero-order valence-electron chi connectivity index (χ0n) is 14.9. The van der Waals surface area contributed by atoms with Crippen LogP contribution in [0, 0.1) is 15.9 Å². The fraction of sp³-hybridized carbons (Fsp3) is 0.235. The lowest BCUT2D eigenvalue weighted by Gasteiger charge is -2.15. The van der Waals surface area contributed by atoms with Crippen LogP contribution in [0.2, 0.25) is 0 Å². The van der Waals surface area contributed by atoms with Gasteiger partial charge in [-0.1, -0.05) is 12.1 Å². The largest absolute Gasteiger partial charge is 0.383 e. The number of halogens is 1. The summed E-state index contributed by atoms with van der Waals surface area (Å²) in [6, 6.07) is 9.52. The Balaban J connectivity index is 1.81. The topological polar surface area (TPSA) is 130 Å². The maximum atomic E-state index is 13.7. The van der Waals surface area contributed by atoms with E-state index in [0.717, 1.165) is 12.1 Å². The summed E-state index contributed by atoms with van der Waals surface area (Å²) < 4.78 is 40.1. The average molecular weight is 410 g/mol. The van der Waals surface area contributed by atoms with Crippen LogP contribution in [0.3, 0.4) is 0 Å². The number of benzene rings is 2. The fourth-order valence-corrected chi connectivity index (χ4v) is 3.54. The summed E-state index contributed by atoms with van der Waals surface area (Å²) in [4.78, 5) is 21.6. The maximum Gasteiger partial charge on any atom is 0.269 e. The number of nitrogens with zero attached hydrogens (tertiary/aromatic N) is 1. The van der Waals surface area contributed by atoms with Crippen molar-refractivity contribution in [2.75, 3.05) is 18.4 Å². The van der Waals surface area contributed by atoms with Gasteiger partial charge in [-0.05, 0) is 31.2 Å². The Bertz CT molecular complexity index is 950. The Kier molecular flexibility index (Phi) is 7.01. The molecule has 2 rings (SSSR count). The first-order valence-corrected chi connectivity index (χ1v) is 9.72. The Labute approximate surface area is 161 Å². The number of rotatable bonds is 9. The van der Waals surface area contributed by atoms with Gasteiger partial charge in [0.2, 0.25) is 15.9 Å². The molecule has 11 heteroatoms. The Morgan fingerprint density at radius 3 is 2.39 bits per heavy atom. The third-order valence-electron chi connectivity index (χ3n) is 3.68. The Hall–Kier alpha value is -3.05. The lowest BCUT2D eigenvalue weighted by atomic mass is 10.3. The molecule has 0 aliphatic heterocycles. The molecule has 28 heavy (non-hydrogen) atoms. The van der Waals surface area contributed by atoms with Gasteiger partial charge in [0.1, 0.15) is 10.7 Å². The molecule has 3 N–H and O–H groups in total. The molecule has 0 aliphatic rings. The van der Waals surface area contributed by atoms with Gasteiger partial charge in [-0.2, -0.15) is 4.72 Å². The predicted octanol–water partition coefficient (Wildman–Crippen LogP) is 1.63. The molecule has 0 bridgehead atoms. The van der Waals surface area contributed by atoms with E-state index in [4.69, 9.17) is 0 Å². The second kappa shape index (κ2) is 9.24. The van der Waals surface area contributed by atoms with E-state index in [1.165, 1.54) is 43.3 Å². The molecule has 2 aromatic carbocycles. The van der Waals surface area contributed by atoms with Crippen LogP contribution in [0.1, 0.15) is 6.92 Å². The summed E-state index contributed by atoms with van der Waals surface area (Å²) in [6.07, 6.45) is 0. The third-order valence-corrected chi connectivity index (χ3v) is 5.26. The molecule has 0 aromatic heterocycles. The van der Waals surface area contributed by atoms with Gasteiger partial charge in [0.05, 0.1) is 11.0 Å². The van der Waals surface area contributed by atoms with E-state index in [9.17, 15) is 27.7 Å². The first-order valence-electron chi connectivity index (χ1n) is 8.23. The van der Waals surface area contributed by atoms with Crippen molar-refractivity contribution in [3.8, 4) is 0 Å². The number of carbonyl (C=O) groups is 1. The van der Waals surface area contributed by atoms with Gasteiger partial charge in [0.15, 0.2) is 0 Å². The lowest BCUT2D eigenvalue weighted by Crippen LogP contribution is -2.45. The highest BCUT2D eigenvalue weighted by Crippen LogP contribution is 2.15. The van der Waals surface area contributed by atoms with Crippen molar-refractivity contribution in [1.29, 1.82) is 0 Å². The van der Waals surface area contributed by atoms with Crippen LogP contribution in [0.5, 0.6) is 0 Å². The standard InChI is InChI=1S/C17H19FN4O5S/c1-12(21-28(26,27)16-5-3-2-4-15(16)18)17(23)20-11-10-19-13-6-8-14(9-7-13)22(24)25/h2-9,12,19,21H,10-11H2,1H3,(H,20,23)/t12-/m0/s1. The monoisotopic (exact) mass is 410 g/mol. The molecule has 150 valence electrons. The van der Waals surface area contributed by atoms with Gasteiger partial charge in [0, 0.05) is 30.9 Å². The van der Waals surface area contributed by atoms with Gasteiger partial charge < -0.3 is 10.6 Å². The number of hydrogen-bond donors (Lipinski definition) is 3. The van der Waals surface area contributed by atoms with E-state index in [1.54, 1.807) is 0 Å². The van der Waals surface area contributed by atoms with E-state index < -0.39 is 37.6 Å². The van der Waals surface area contributed by atoms with Gasteiger partial charge in [-0.25, -0.2) is 12.8 Å². The molecule has 0 radical (unpaired) electrons. The van der Waals surface area contributed by atoms with Gasteiger partial charge in [-0.15, -0.1) is 0 Å². The van der Waals surface area contributed by atoms with Gasteiger partial charge >= 0.3 is 0 Å². The second-order valence-corrected chi connectivity index (χ2v) is 7.48. The molecule has 0 heterocycles. The van der Waals surface area contributed by atoms with Crippen molar-refractivity contribution in [3.05, 3.63) is 64.5 Å². The van der Waals surface area contributed by atoms with Crippen molar-refractivity contribution in [2.45, 2.75) is 17.9 Å². The number of carbonyl (C=O) groups excluding carboxylic acids is 1. The molecule has 0 saturated carbocycles. The second-order valence-electron chi connectivity index (χ2n) is 5.80. The molecular formula is C17H19FN4O5S. The Morgan fingerprint density at radius 2 is 1.79 bits per heavy atom. The van der Waals surface area contributed by atoms with Gasteiger partial charge in [0.25, 0.3) is 5.69 Å². The summed E-state index contributed by atoms with van der Waals surface area (Å²) in [5.41, 5.74) is 0.600. The molecule has 0 aliphatic carbocycles. The first kappa shape index (κ1) is 21.3. The molecule has 0 fully saturated rings. The number of anilines is 1. The number of nitro benzene ring substituents is 1. The van der Waals surface area contributed by atoms with Gasteiger partial charge in [-0.3, -0.25) is 14.9 Å². The van der Waals surface area contributed by atoms with Crippen LogP contribution in [0.4, 0.5) is 15.8 Å². The molecule has 2 aromatic rings. The highest BCUT2D eigenvalue weighted by Gasteiger charge is 2.24. The number of sulfonamides is 1. The molecule has 0 unspecified atom stereocenters. The van der Waals surface area contributed by atoms with Crippen LogP contribution < -0.4 is 15.4 Å². The highest BCUT2D eigenvalue weighted by atomic mass is 32.2. The predicted molar refractivity (Wildman–Crippen MR) is 101 cm³/mol. The average Bonchev–Trinajstić information content (AvgIpc) is 2.65. The van der Waals surface area contributed by atoms with Crippen LogP contribution in [-0.4, -0.2) is 38.4 Å². The summed E-state index contributed by atoms with van der Waals surface area (Å²) >= 11 is 0. The fourth-order valence-electron chi connectivity index (χ4n) is 2.26. The van der Waals surface area contributed by atoms with E-state index in [2.05, 4.69) is 15.4 Å². The number of amides is 1. The third kappa shape index (κ3) is 5.72. The summed E-state index contributed by atoms with van der Waals surface area (Å²) in [6.45, 7) is 1.84. The Morgan fingerprint density at radius 1 is 1.14 bits per heavy atom. The minimum atomic E-state index is -4.18. The van der Waals surface area contributed by atoms with E-state index in [1.807, 2.05) is 0 Å². The number of nitrogens with one attached hydrogen (secondary N) is 3. The van der Waals surface area contributed by atoms with Crippen molar-refractivity contribution < 1.29 is 22.5 Å². The number of hydrogen-bond acceptors (Lipinski definition) is 6. The van der Waals surface area contributed by atoms with E-state index >= 15 is 0 Å². The van der Waals surface area contributed by atoms with Crippen LogP contribution >= 0.6 is 0 Å². The summed E-state index contributed by atoms with van der Waals surface area (Å²) in [5.74, 6) is -1.49. The van der Waals surface area contributed by atoms with E-state index in [-0.39, 0.29) is 12.2 Å². The summed E-state index contributed by atoms with van der Waals surface area (Å²) in [5, 5.41) is 16.1. The molecule has 1 atom stereocenters. The van der Waals surface area contributed by atoms with Crippen molar-refractivity contribution >= 4 is 27.3 Å². The zero-order chi connectivity index (χ0) is 20.7. The van der Waals surface area contributed by atoms with Crippen molar-refractivity contribution in [2.24, 2.45) is 0 Å². The molecule has 1 amide bonds. The number of non-ortho nitro benzene ring substituents is 1. The minimum Gasteiger partial charge on any atom is -0.383 e. The van der Waals surface area contributed by atoms with E-state index in [0.29, 0.717) is 12.2 Å². The van der Waals surface area contributed by atoms with Crippen molar-refractivity contribution in [1.82, 2.24) is 10.0 Å². The van der Waals surface area contributed by atoms with Crippen molar-refractivity contribution in [3.63, 3.8) is 0 Å².